The minimum atomic E-state index is -0.842. The number of carboxylic acid groups (broad SMARTS) is 1. The lowest BCUT2D eigenvalue weighted by Gasteiger charge is -2.12. The number of nitrogens with one attached hydrogen (secondary N) is 1. The van der Waals surface area contributed by atoms with E-state index in [1.165, 1.54) is 0 Å². The maximum absolute atomic E-state index is 11.2. The normalized spacial score (nSPS) is 12.1. The van der Waals surface area contributed by atoms with Crippen LogP contribution in [0.4, 0.5) is 0 Å². The number of hydrogen-bond donors (Lipinski definition) is 2. The number of amides is 1. The summed E-state index contributed by atoms with van der Waals surface area (Å²) in [4.78, 5) is 21.5. The molecule has 0 saturated heterocycles. The van der Waals surface area contributed by atoms with Gasteiger partial charge in [-0.2, -0.15) is 0 Å². The first-order valence-corrected chi connectivity index (χ1v) is 5.15. The van der Waals surface area contributed by atoms with Gasteiger partial charge in [0, 0.05) is 25.5 Å². The van der Waals surface area contributed by atoms with Gasteiger partial charge in [-0.05, 0) is 20.3 Å². The smallest absolute Gasteiger partial charge is 0.303 e. The highest BCUT2D eigenvalue weighted by molar-refractivity contribution is 5.76. The van der Waals surface area contributed by atoms with Crippen molar-refractivity contribution in [3.8, 4) is 0 Å². The number of aliphatic carboxylic acids is 1. The highest BCUT2D eigenvalue weighted by Crippen LogP contribution is 1.96. The Labute approximate surface area is 89.8 Å². The van der Waals surface area contributed by atoms with Gasteiger partial charge in [0.25, 0.3) is 0 Å². The summed E-state index contributed by atoms with van der Waals surface area (Å²) >= 11 is 0. The first-order valence-electron chi connectivity index (χ1n) is 5.15. The van der Waals surface area contributed by atoms with Crippen LogP contribution in [0.15, 0.2) is 0 Å². The van der Waals surface area contributed by atoms with E-state index in [2.05, 4.69) is 5.32 Å². The van der Waals surface area contributed by atoms with Gasteiger partial charge >= 0.3 is 5.97 Å². The molecule has 0 bridgehead atoms. The van der Waals surface area contributed by atoms with E-state index in [4.69, 9.17) is 9.84 Å². The van der Waals surface area contributed by atoms with Crippen molar-refractivity contribution in [2.75, 3.05) is 13.2 Å². The molecule has 0 aliphatic heterocycles. The molecule has 0 aromatic carbocycles. The number of carbonyl (C=O) groups excluding carboxylic acids is 1. The number of hydrogen-bond acceptors (Lipinski definition) is 3. The molecule has 1 amide bonds. The highest BCUT2D eigenvalue weighted by Gasteiger charge is 2.08. The molecular weight excluding hydrogens is 198 g/mol. The first kappa shape index (κ1) is 13.9. The predicted molar refractivity (Wildman–Crippen MR) is 55.6 cm³/mol. The second kappa shape index (κ2) is 8.23. The minimum Gasteiger partial charge on any atom is -0.481 e. The van der Waals surface area contributed by atoms with Gasteiger partial charge in [0.15, 0.2) is 0 Å². The van der Waals surface area contributed by atoms with Crippen LogP contribution in [-0.4, -0.2) is 36.2 Å². The zero-order chi connectivity index (χ0) is 11.7. The van der Waals surface area contributed by atoms with Gasteiger partial charge in [0.2, 0.25) is 5.91 Å². The Morgan fingerprint density at radius 3 is 2.60 bits per heavy atom. The van der Waals surface area contributed by atoms with E-state index in [1.54, 1.807) is 6.92 Å². The summed E-state index contributed by atoms with van der Waals surface area (Å²) < 4.78 is 5.03. The number of ether oxygens (including phenoxy) is 1. The first-order chi connectivity index (χ1) is 7.06. The van der Waals surface area contributed by atoms with E-state index in [0.29, 0.717) is 26.1 Å². The fraction of sp³-hybridized carbons (Fsp3) is 0.800. The average molecular weight is 217 g/mol. The Morgan fingerprint density at radius 1 is 1.40 bits per heavy atom. The van der Waals surface area contributed by atoms with Gasteiger partial charge in [-0.25, -0.2) is 0 Å². The fourth-order valence-corrected chi connectivity index (χ4v) is 1.07. The molecular formula is C10H19NO4. The summed E-state index contributed by atoms with van der Waals surface area (Å²) in [6, 6.07) is -0.102. The van der Waals surface area contributed by atoms with Gasteiger partial charge in [0.05, 0.1) is 6.61 Å². The third kappa shape index (κ3) is 9.21. The quantitative estimate of drug-likeness (QED) is 0.589. The Kier molecular flexibility index (Phi) is 7.62. The van der Waals surface area contributed by atoms with Crippen molar-refractivity contribution in [2.45, 2.75) is 39.2 Å². The van der Waals surface area contributed by atoms with E-state index < -0.39 is 5.97 Å². The van der Waals surface area contributed by atoms with Crippen molar-refractivity contribution >= 4 is 11.9 Å². The summed E-state index contributed by atoms with van der Waals surface area (Å²) in [5, 5.41) is 11.1. The standard InChI is InChI=1S/C10H19NO4/c1-3-15-7-6-9(12)11-8(2)4-5-10(13)14/h8H,3-7H2,1-2H3,(H,11,12)(H,13,14). The van der Waals surface area contributed by atoms with Crippen molar-refractivity contribution in [1.29, 1.82) is 0 Å². The maximum atomic E-state index is 11.2. The molecule has 0 spiro atoms. The van der Waals surface area contributed by atoms with Crippen molar-refractivity contribution in [3.63, 3.8) is 0 Å². The Bertz CT molecular complexity index is 206. The molecule has 0 rings (SSSR count). The van der Waals surface area contributed by atoms with Crippen LogP contribution in [-0.2, 0) is 14.3 Å². The summed E-state index contributed by atoms with van der Waals surface area (Å²) in [6.07, 6.45) is 0.855. The van der Waals surface area contributed by atoms with Gasteiger partial charge in [-0.3, -0.25) is 9.59 Å². The summed E-state index contributed by atoms with van der Waals surface area (Å²) in [6.45, 7) is 4.67. The molecule has 0 aliphatic carbocycles. The molecule has 0 aromatic rings. The van der Waals surface area contributed by atoms with E-state index in [1.807, 2.05) is 6.92 Å². The lowest BCUT2D eigenvalue weighted by Crippen LogP contribution is -2.33. The summed E-state index contributed by atoms with van der Waals surface area (Å²) in [7, 11) is 0. The third-order valence-corrected chi connectivity index (χ3v) is 1.88. The van der Waals surface area contributed by atoms with Crippen molar-refractivity contribution in [1.82, 2.24) is 5.32 Å². The highest BCUT2D eigenvalue weighted by atomic mass is 16.5. The van der Waals surface area contributed by atoms with E-state index in [0.717, 1.165) is 0 Å². The molecule has 5 heteroatoms. The number of carboxylic acids is 1. The second-order valence-corrected chi connectivity index (χ2v) is 3.35. The Hall–Kier alpha value is -1.10. The van der Waals surface area contributed by atoms with Crippen molar-refractivity contribution in [2.24, 2.45) is 0 Å². The van der Waals surface area contributed by atoms with Crippen LogP contribution in [0, 0.1) is 0 Å². The largest absolute Gasteiger partial charge is 0.481 e. The molecule has 5 nitrogen and oxygen atoms in total. The third-order valence-electron chi connectivity index (χ3n) is 1.88. The molecule has 1 unspecified atom stereocenters. The number of rotatable bonds is 8. The molecule has 0 heterocycles. The zero-order valence-electron chi connectivity index (χ0n) is 9.28. The molecule has 0 radical (unpaired) electrons. The lowest BCUT2D eigenvalue weighted by atomic mass is 10.2. The predicted octanol–water partition coefficient (Wildman–Crippen LogP) is 0.782. The molecule has 2 N–H and O–H groups in total. The zero-order valence-corrected chi connectivity index (χ0v) is 9.28. The fourth-order valence-electron chi connectivity index (χ4n) is 1.07. The topological polar surface area (TPSA) is 75.6 Å². The van der Waals surface area contributed by atoms with E-state index in [-0.39, 0.29) is 18.4 Å². The SMILES string of the molecule is CCOCCC(=O)NC(C)CCC(=O)O. The Balaban J connectivity index is 3.53. The van der Waals surface area contributed by atoms with Crippen LogP contribution in [0.3, 0.4) is 0 Å². The molecule has 0 aliphatic rings. The Morgan fingerprint density at radius 2 is 2.07 bits per heavy atom. The number of carbonyl (C=O) groups is 2. The molecule has 0 saturated carbocycles. The van der Waals surface area contributed by atoms with E-state index >= 15 is 0 Å². The van der Waals surface area contributed by atoms with Gasteiger partial charge in [0.1, 0.15) is 0 Å². The maximum Gasteiger partial charge on any atom is 0.303 e. The van der Waals surface area contributed by atoms with E-state index in [9.17, 15) is 9.59 Å². The van der Waals surface area contributed by atoms with Crippen LogP contribution in [0.2, 0.25) is 0 Å². The average Bonchev–Trinajstić information content (AvgIpc) is 2.15. The minimum absolute atomic E-state index is 0.0763. The summed E-state index contributed by atoms with van der Waals surface area (Å²) in [5.41, 5.74) is 0. The van der Waals surface area contributed by atoms with Gasteiger partial charge in [-0.1, -0.05) is 0 Å². The van der Waals surface area contributed by atoms with Crippen LogP contribution < -0.4 is 5.32 Å². The molecule has 1 atom stereocenters. The van der Waals surface area contributed by atoms with Gasteiger partial charge in [-0.15, -0.1) is 0 Å². The summed E-state index contributed by atoms with van der Waals surface area (Å²) in [5.74, 6) is -0.938. The monoisotopic (exact) mass is 217 g/mol. The second-order valence-electron chi connectivity index (χ2n) is 3.35. The van der Waals surface area contributed by atoms with Crippen LogP contribution in [0.25, 0.3) is 0 Å². The van der Waals surface area contributed by atoms with Crippen LogP contribution in [0.5, 0.6) is 0 Å². The lowest BCUT2D eigenvalue weighted by molar-refractivity contribution is -0.137. The van der Waals surface area contributed by atoms with Gasteiger partial charge < -0.3 is 15.2 Å². The van der Waals surface area contributed by atoms with Crippen LogP contribution >= 0.6 is 0 Å². The molecule has 88 valence electrons. The molecule has 0 aromatic heterocycles. The molecule has 0 fully saturated rings. The van der Waals surface area contributed by atoms with Crippen molar-refractivity contribution < 1.29 is 19.4 Å². The van der Waals surface area contributed by atoms with Crippen LogP contribution in [0.1, 0.15) is 33.1 Å². The van der Waals surface area contributed by atoms with Crippen molar-refractivity contribution in [3.05, 3.63) is 0 Å². The molecule has 15 heavy (non-hydrogen) atoms.